The van der Waals surface area contributed by atoms with Crippen LogP contribution in [0.3, 0.4) is 0 Å². The number of rotatable bonds is 14. The zero-order valence-corrected chi connectivity index (χ0v) is 82.6. The van der Waals surface area contributed by atoms with Gasteiger partial charge in [-0.15, -0.1) is 40.8 Å². The molecule has 12 heterocycles. The third-order valence-electron chi connectivity index (χ3n) is 15.2. The van der Waals surface area contributed by atoms with Crippen LogP contribution in [0, 0.1) is 25.3 Å². The van der Waals surface area contributed by atoms with Gasteiger partial charge in [-0.1, -0.05) is 27.7 Å². The number of alkyl halides is 16. The van der Waals surface area contributed by atoms with E-state index in [-0.39, 0.29) is 196 Å². The van der Waals surface area contributed by atoms with E-state index in [0.717, 1.165) is 90.5 Å². The first-order valence-corrected chi connectivity index (χ1v) is 52.6. The second-order valence-electron chi connectivity index (χ2n) is 22.2. The van der Waals surface area contributed by atoms with Gasteiger partial charge in [-0.3, -0.25) is 0 Å². The van der Waals surface area contributed by atoms with Crippen LogP contribution in [0.5, 0.6) is 0 Å². The summed E-state index contributed by atoms with van der Waals surface area (Å²) >= 11 is 3.39. The summed E-state index contributed by atoms with van der Waals surface area (Å²) in [5, 5.41) is 25.5. The van der Waals surface area contributed by atoms with Gasteiger partial charge >= 0.3 is 182 Å². The van der Waals surface area contributed by atoms with Crippen LogP contribution in [0.1, 0.15) is 50.5 Å². The average molecular weight is 2080 g/mol. The summed E-state index contributed by atoms with van der Waals surface area (Å²) in [5.74, 6) is -11.4. The summed E-state index contributed by atoms with van der Waals surface area (Å²) in [6, 6.07) is 2.43. The first-order valence-electron chi connectivity index (χ1n) is 30.4. The Hall–Kier alpha value is -4.85. The van der Waals surface area contributed by atoms with Gasteiger partial charge < -0.3 is 81.3 Å². The van der Waals surface area contributed by atoms with Crippen LogP contribution in [0.4, 0.5) is 70.2 Å². The fraction of sp³-hybridized carbons (Fsp3) is 0.407. The number of imidazole rings is 8. The number of aromatic nitrogens is 24. The largest absolute Gasteiger partial charge is 1.00 e. The number of nitrogens with zero attached hydrogens (tertiary/aromatic N) is 24. The van der Waals surface area contributed by atoms with Gasteiger partial charge in [0.25, 0.3) is 0 Å². The van der Waals surface area contributed by atoms with Crippen molar-refractivity contribution in [1.82, 2.24) is 117 Å². The Balaban J connectivity index is 0.000000756. The maximum absolute atomic E-state index is 13.5. The molecule has 12 aromatic rings. The van der Waals surface area contributed by atoms with Crippen LogP contribution in [0.25, 0.3) is 90.7 Å². The molecule has 620 valence electrons. The molecule has 0 radical (unpaired) electrons. The van der Waals surface area contributed by atoms with E-state index in [9.17, 15) is 104 Å². The Bertz CT molecular complexity index is 5610. The van der Waals surface area contributed by atoms with Crippen LogP contribution in [-0.2, 0) is 189 Å². The molecule has 0 spiro atoms. The van der Waals surface area contributed by atoms with E-state index in [2.05, 4.69) is 106 Å². The molecule has 0 aliphatic carbocycles. The molecule has 0 N–H and O–H groups in total. The fourth-order valence-electron chi connectivity index (χ4n) is 9.73. The number of aryl methyl sites for hydroxylation is 8. The van der Waals surface area contributed by atoms with Gasteiger partial charge in [0.1, 0.15) is 72.8 Å². The molecular weight excluding hydrogens is 2030 g/mol. The monoisotopic (exact) mass is 2070 g/mol. The Morgan fingerprint density at radius 1 is 0.322 bits per heavy atom. The fourth-order valence-corrected chi connectivity index (χ4v) is 14.4. The molecular formula is C54H48Cl6F16Li2N24O8S4Zn4. The van der Waals surface area contributed by atoms with Crippen molar-refractivity contribution in [2.45, 2.75) is 84.3 Å². The summed E-state index contributed by atoms with van der Waals surface area (Å²) in [7, 11) is 15.7. The number of fused-ring (bicyclic) bond motifs is 4. The molecule has 0 aliphatic heterocycles. The number of sulfone groups is 4. The van der Waals surface area contributed by atoms with Gasteiger partial charge in [0.15, 0.2) is 34.0 Å². The van der Waals surface area contributed by atoms with Crippen LogP contribution in [0.2, 0.25) is 0 Å². The molecule has 0 bridgehead atoms. The Morgan fingerprint density at radius 2 is 0.492 bits per heavy atom. The van der Waals surface area contributed by atoms with Crippen molar-refractivity contribution in [3.8, 4) is 46.1 Å². The zero-order chi connectivity index (χ0) is 87.3. The molecule has 0 saturated carbocycles. The van der Waals surface area contributed by atoms with E-state index < -0.39 is 98.7 Å². The van der Waals surface area contributed by atoms with Crippen molar-refractivity contribution in [1.29, 1.82) is 0 Å². The molecule has 0 fully saturated rings. The predicted octanol–water partition coefficient (Wildman–Crippen LogP) is -2.46. The van der Waals surface area contributed by atoms with Crippen molar-refractivity contribution in [2.75, 3.05) is 23.0 Å². The average Bonchev–Trinajstić information content (AvgIpc) is 1.61. The van der Waals surface area contributed by atoms with Crippen molar-refractivity contribution in [3.05, 3.63) is 72.4 Å². The summed E-state index contributed by atoms with van der Waals surface area (Å²) in [6.07, 6.45) is -11.2. The molecule has 12 aromatic heterocycles. The van der Waals surface area contributed by atoms with Gasteiger partial charge in [-0.25, -0.2) is 53.6 Å². The van der Waals surface area contributed by atoms with E-state index in [4.69, 9.17) is 38.8 Å². The van der Waals surface area contributed by atoms with E-state index in [1.54, 1.807) is 0 Å². The SMILES string of the molecule is CCS(=O)(=O)c1c(-c2nc3cc(C(F)(F)C(F)(F)F)nnc3n2C)n[c-]n1C.CCS(=O)(=O)c1c(-c2nc3cc(C(F)(F)C(F)(F)F)nnc3n2C)n[c-]n1C.CCS(=O)(=O)c1c(-c2nc3cc(C(F)(F)F)nnc3n2C)n[c-]n1C.CCS(=O)(=O)c1c(-c2nc3cc(C(F)(F)F)nnc3n2C)n[c-]n1C.[Cl-].[Cl-].[Cl][Zn+].[Cl][Zn+].[Cl][Zn+].[Cl][Zn+].[Li+].[Li+]. The first kappa shape index (κ1) is 111. The molecule has 0 amide bonds. The van der Waals surface area contributed by atoms with Crippen LogP contribution in [0.15, 0.2) is 44.4 Å². The minimum absolute atomic E-state index is 0. The molecule has 32 nitrogen and oxygen atoms in total. The number of hydrogen-bond donors (Lipinski definition) is 0. The van der Waals surface area contributed by atoms with Gasteiger partial charge in [-0.05, 0) is 63.1 Å². The van der Waals surface area contributed by atoms with Gasteiger partial charge in [0.05, 0.1) is 23.3 Å². The summed E-state index contributed by atoms with van der Waals surface area (Å²) < 4.78 is 314. The molecule has 12 rings (SSSR count). The number of halogens is 22. The minimum Gasteiger partial charge on any atom is 1.00 e. The molecule has 0 atom stereocenters. The summed E-state index contributed by atoms with van der Waals surface area (Å²) in [5.41, 5.74) is -6.73. The summed E-state index contributed by atoms with van der Waals surface area (Å²) in [4.78, 5) is 31.7. The van der Waals surface area contributed by atoms with E-state index in [0.29, 0.717) is 12.1 Å². The molecule has 118 heavy (non-hydrogen) atoms. The second-order valence-corrected chi connectivity index (χ2v) is 31.0. The Kier molecular flexibility index (Phi) is 40.7. The smallest absolute Gasteiger partial charge is 1.00 e. The first-order chi connectivity index (χ1) is 52.7. The maximum Gasteiger partial charge on any atom is 1.00 e. The van der Waals surface area contributed by atoms with Crippen LogP contribution >= 0.6 is 38.8 Å². The predicted molar refractivity (Wildman–Crippen MR) is 354 cm³/mol. The molecule has 0 aliphatic rings. The quantitative estimate of drug-likeness (QED) is 0.0619. The Labute approximate surface area is 750 Å². The molecule has 0 saturated heterocycles. The standard InChI is InChI=1S/2C14H12F5N6O2S.2C13H12F3N6O2S.6ClH.2Li.4Zn/c2*1-4-28(26,27)12-9(20-6-24(12)2)11-21-7-5-8(13(15,16)14(17,18)19)22-23-10(7)25(11)3;2*1-4-25(23,24)12-9(17-6-21(12)2)11-18-7-5-8(13(14,15)16)19-20-10(7)22(11)3;;;;;;;;;;;;/h2*5H,4H2,1-3H3;2*5H,4H2,1-3H3;6*1H;;;;;;/q4*-1;;;;;;;2*+1;4*+2/p-6. The van der Waals surface area contributed by atoms with Gasteiger partial charge in [-0.2, -0.15) is 70.2 Å². The third kappa shape index (κ3) is 23.2. The molecule has 0 unspecified atom stereocenters. The third-order valence-corrected chi connectivity index (χ3v) is 22.5. The zero-order valence-electron chi connectivity index (χ0n) is 62.9. The minimum atomic E-state index is -5.86. The van der Waals surface area contributed by atoms with E-state index in [1.165, 1.54) is 111 Å². The van der Waals surface area contributed by atoms with Crippen molar-refractivity contribution in [2.24, 2.45) is 56.4 Å². The van der Waals surface area contributed by atoms with Gasteiger partial charge in [0, 0.05) is 109 Å². The van der Waals surface area contributed by atoms with Crippen molar-refractivity contribution >= 4 is 123 Å². The normalized spacial score (nSPS) is 12.1. The molecule has 0 aromatic carbocycles. The van der Waals surface area contributed by atoms with Crippen molar-refractivity contribution < 1.29 is 236 Å². The Morgan fingerprint density at radius 3 is 0.653 bits per heavy atom. The maximum atomic E-state index is 13.5. The van der Waals surface area contributed by atoms with Crippen molar-refractivity contribution in [3.63, 3.8) is 0 Å². The summed E-state index contributed by atoms with van der Waals surface area (Å²) in [6.45, 7) is 5.78. The second kappa shape index (κ2) is 43.2. The van der Waals surface area contributed by atoms with Gasteiger partial charge in [0.2, 0.25) is 0 Å². The molecule has 64 heteroatoms. The van der Waals surface area contributed by atoms with E-state index >= 15 is 0 Å². The van der Waals surface area contributed by atoms with Crippen LogP contribution < -0.4 is 62.5 Å². The van der Waals surface area contributed by atoms with Crippen LogP contribution in [-0.4, -0.2) is 186 Å². The van der Waals surface area contributed by atoms with E-state index in [1.807, 2.05) is 0 Å². The number of hydrogen-bond acceptors (Lipinski definition) is 24. The topological polar surface area (TPSA) is 382 Å².